The fourth-order valence-electron chi connectivity index (χ4n) is 2.76. The van der Waals surface area contributed by atoms with Gasteiger partial charge in [-0.2, -0.15) is 0 Å². The van der Waals surface area contributed by atoms with E-state index >= 15 is 0 Å². The van der Waals surface area contributed by atoms with Crippen molar-refractivity contribution >= 4 is 17.5 Å². The molecule has 0 saturated carbocycles. The first-order valence-corrected chi connectivity index (χ1v) is 9.32. The van der Waals surface area contributed by atoms with Crippen LogP contribution in [0.4, 0.5) is 4.39 Å². The Labute approximate surface area is 167 Å². The lowest BCUT2D eigenvalue weighted by Crippen LogP contribution is -2.25. The van der Waals surface area contributed by atoms with E-state index in [2.05, 4.69) is 10.5 Å². The zero-order valence-corrected chi connectivity index (χ0v) is 16.1. The van der Waals surface area contributed by atoms with Gasteiger partial charge in [-0.05, 0) is 44.0 Å². The van der Waals surface area contributed by atoms with Crippen LogP contribution in [0.1, 0.15) is 29.0 Å². The van der Waals surface area contributed by atoms with Gasteiger partial charge in [-0.15, -0.1) is 0 Å². The summed E-state index contributed by atoms with van der Waals surface area (Å²) in [5.74, 6) is 0.183. The molecule has 28 heavy (non-hydrogen) atoms. The van der Waals surface area contributed by atoms with Crippen molar-refractivity contribution in [1.29, 1.82) is 0 Å². The minimum Gasteiger partial charge on any atom is -0.494 e. The van der Waals surface area contributed by atoms with E-state index in [1.54, 1.807) is 13.0 Å². The zero-order valence-electron chi connectivity index (χ0n) is 15.4. The van der Waals surface area contributed by atoms with Crippen LogP contribution in [0.25, 0.3) is 11.3 Å². The number of rotatable bonds is 8. The van der Waals surface area contributed by atoms with E-state index in [4.69, 9.17) is 20.9 Å². The van der Waals surface area contributed by atoms with E-state index in [0.29, 0.717) is 18.9 Å². The van der Waals surface area contributed by atoms with Gasteiger partial charge in [0.05, 0.1) is 17.2 Å². The quantitative estimate of drug-likeness (QED) is 0.536. The number of carbonyl (C=O) groups excluding carboxylic acids is 1. The molecule has 1 heterocycles. The molecular formula is C21H20ClFN2O3. The first kappa shape index (κ1) is 19.9. The number of aryl methyl sites for hydroxylation is 1. The van der Waals surface area contributed by atoms with E-state index in [9.17, 15) is 9.18 Å². The second kappa shape index (κ2) is 9.37. The molecule has 0 unspecified atom stereocenters. The van der Waals surface area contributed by atoms with Gasteiger partial charge in [0.25, 0.3) is 5.91 Å². The third-order valence-corrected chi connectivity index (χ3v) is 4.47. The average Bonchev–Trinajstić information content (AvgIpc) is 3.06. The molecule has 2 aromatic carbocycles. The zero-order chi connectivity index (χ0) is 19.9. The Kier molecular flexibility index (Phi) is 6.66. The van der Waals surface area contributed by atoms with Gasteiger partial charge < -0.3 is 14.6 Å². The Hall–Kier alpha value is -2.86. The number of benzene rings is 2. The summed E-state index contributed by atoms with van der Waals surface area (Å²) in [5.41, 5.74) is 0.348. The molecule has 0 radical (unpaired) electrons. The lowest BCUT2D eigenvalue weighted by molar-refractivity contribution is 0.0951. The predicted molar refractivity (Wildman–Crippen MR) is 105 cm³/mol. The molecular weight excluding hydrogens is 383 g/mol. The molecule has 3 rings (SSSR count). The Morgan fingerprint density at radius 2 is 1.96 bits per heavy atom. The number of carbonyl (C=O) groups is 1. The molecule has 1 N–H and O–H groups in total. The van der Waals surface area contributed by atoms with Gasteiger partial charge in [-0.1, -0.05) is 41.0 Å². The molecule has 3 aromatic rings. The SMILES string of the molecule is Cc1onc(-c2c(F)cccc2Cl)c1C(=O)NCCCCOc1ccccc1. The van der Waals surface area contributed by atoms with Crippen molar-refractivity contribution in [2.45, 2.75) is 19.8 Å². The van der Waals surface area contributed by atoms with Crippen LogP contribution in [0.2, 0.25) is 5.02 Å². The number of nitrogens with one attached hydrogen (secondary N) is 1. The van der Waals surface area contributed by atoms with Crippen LogP contribution in [0.15, 0.2) is 53.1 Å². The summed E-state index contributed by atoms with van der Waals surface area (Å²) in [6, 6.07) is 13.8. The molecule has 7 heteroatoms. The molecule has 0 bridgehead atoms. The van der Waals surface area contributed by atoms with Crippen LogP contribution >= 0.6 is 11.6 Å². The van der Waals surface area contributed by atoms with Crippen LogP contribution in [0.5, 0.6) is 5.75 Å². The monoisotopic (exact) mass is 402 g/mol. The molecule has 0 spiro atoms. The van der Waals surface area contributed by atoms with Crippen LogP contribution in [0.3, 0.4) is 0 Å². The summed E-state index contributed by atoms with van der Waals surface area (Å²) in [6.45, 7) is 2.61. The van der Waals surface area contributed by atoms with Crippen molar-refractivity contribution in [3.63, 3.8) is 0 Å². The topological polar surface area (TPSA) is 64.4 Å². The highest BCUT2D eigenvalue weighted by molar-refractivity contribution is 6.33. The third-order valence-electron chi connectivity index (χ3n) is 4.16. The van der Waals surface area contributed by atoms with Gasteiger partial charge in [0.2, 0.25) is 0 Å². The van der Waals surface area contributed by atoms with Gasteiger partial charge in [-0.25, -0.2) is 4.39 Å². The number of nitrogens with zero attached hydrogens (tertiary/aromatic N) is 1. The summed E-state index contributed by atoms with van der Waals surface area (Å²) in [7, 11) is 0. The summed E-state index contributed by atoms with van der Waals surface area (Å²) < 4.78 is 24.9. The number of aromatic nitrogens is 1. The van der Waals surface area contributed by atoms with Gasteiger partial charge in [0, 0.05) is 6.54 Å². The van der Waals surface area contributed by atoms with Gasteiger partial charge in [0.15, 0.2) is 0 Å². The highest BCUT2D eigenvalue weighted by Gasteiger charge is 2.25. The molecule has 5 nitrogen and oxygen atoms in total. The lowest BCUT2D eigenvalue weighted by Gasteiger charge is -2.08. The number of unbranched alkanes of at least 4 members (excludes halogenated alkanes) is 1. The molecule has 0 aliphatic rings. The summed E-state index contributed by atoms with van der Waals surface area (Å²) in [4.78, 5) is 12.6. The third kappa shape index (κ3) is 4.70. The number of hydrogen-bond donors (Lipinski definition) is 1. The van der Waals surface area contributed by atoms with E-state index < -0.39 is 5.82 Å². The van der Waals surface area contributed by atoms with E-state index in [1.807, 2.05) is 30.3 Å². The molecule has 0 saturated heterocycles. The minimum atomic E-state index is -0.562. The smallest absolute Gasteiger partial charge is 0.257 e. The molecule has 1 amide bonds. The van der Waals surface area contributed by atoms with E-state index in [0.717, 1.165) is 18.6 Å². The summed E-state index contributed by atoms with van der Waals surface area (Å²) in [6.07, 6.45) is 1.52. The fraction of sp³-hybridized carbons (Fsp3) is 0.238. The molecule has 0 atom stereocenters. The van der Waals surface area contributed by atoms with Crippen molar-refractivity contribution in [2.75, 3.05) is 13.2 Å². The Balaban J connectivity index is 1.56. The summed E-state index contributed by atoms with van der Waals surface area (Å²) in [5, 5.41) is 6.82. The van der Waals surface area contributed by atoms with Crippen LogP contribution < -0.4 is 10.1 Å². The molecule has 0 aliphatic carbocycles. The number of hydrogen-bond acceptors (Lipinski definition) is 4. The highest BCUT2D eigenvalue weighted by Crippen LogP contribution is 2.33. The second-order valence-electron chi connectivity index (χ2n) is 6.18. The van der Waals surface area contributed by atoms with Crippen molar-refractivity contribution in [1.82, 2.24) is 10.5 Å². The lowest BCUT2D eigenvalue weighted by atomic mass is 10.0. The van der Waals surface area contributed by atoms with Gasteiger partial charge in [-0.3, -0.25) is 4.79 Å². The van der Waals surface area contributed by atoms with Crippen molar-refractivity contribution < 1.29 is 18.4 Å². The predicted octanol–water partition coefficient (Wildman–Crippen LogP) is 5.03. The highest BCUT2D eigenvalue weighted by atomic mass is 35.5. The van der Waals surface area contributed by atoms with Crippen molar-refractivity contribution in [3.05, 3.63) is 70.7 Å². The van der Waals surface area contributed by atoms with Crippen molar-refractivity contribution in [3.8, 4) is 17.0 Å². The maximum Gasteiger partial charge on any atom is 0.257 e. The number of halogens is 2. The van der Waals surface area contributed by atoms with Crippen LogP contribution in [0, 0.1) is 12.7 Å². The molecule has 0 aliphatic heterocycles. The van der Waals surface area contributed by atoms with Crippen molar-refractivity contribution in [2.24, 2.45) is 0 Å². The second-order valence-corrected chi connectivity index (χ2v) is 6.59. The maximum absolute atomic E-state index is 14.2. The normalized spacial score (nSPS) is 10.7. The maximum atomic E-state index is 14.2. The largest absolute Gasteiger partial charge is 0.494 e. The van der Waals surface area contributed by atoms with E-state index in [1.165, 1.54) is 12.1 Å². The molecule has 1 aromatic heterocycles. The number of para-hydroxylation sites is 1. The molecule has 146 valence electrons. The first-order valence-electron chi connectivity index (χ1n) is 8.94. The Morgan fingerprint density at radius 3 is 2.71 bits per heavy atom. The van der Waals surface area contributed by atoms with Crippen LogP contribution in [-0.2, 0) is 0 Å². The van der Waals surface area contributed by atoms with Crippen LogP contribution in [-0.4, -0.2) is 24.2 Å². The fourth-order valence-corrected chi connectivity index (χ4v) is 3.01. The number of amides is 1. The standard InChI is InChI=1S/C21H20ClFN2O3/c1-14-18(20(25-28-14)19-16(22)10-7-11-17(19)23)21(26)24-12-5-6-13-27-15-8-3-2-4-9-15/h2-4,7-11H,5-6,12-13H2,1H3,(H,24,26). The Morgan fingerprint density at radius 1 is 1.18 bits per heavy atom. The van der Waals surface area contributed by atoms with Gasteiger partial charge in [0.1, 0.15) is 28.6 Å². The summed E-state index contributed by atoms with van der Waals surface area (Å²) >= 11 is 6.09. The first-order chi connectivity index (χ1) is 13.6. The Bertz CT molecular complexity index is 924. The average molecular weight is 403 g/mol. The minimum absolute atomic E-state index is 0.0578. The number of ether oxygens (including phenoxy) is 1. The van der Waals surface area contributed by atoms with Gasteiger partial charge >= 0.3 is 0 Å². The van der Waals surface area contributed by atoms with E-state index in [-0.39, 0.29) is 27.8 Å². The molecule has 0 fully saturated rings.